The van der Waals surface area contributed by atoms with E-state index in [1.165, 1.54) is 12.1 Å². The van der Waals surface area contributed by atoms with Crippen molar-refractivity contribution in [1.29, 1.82) is 0 Å². The SMILES string of the molecule is Fc1ccccc1-c1ccc(-c2ccccc2F)n1-c1ccccc1. The van der Waals surface area contributed by atoms with Gasteiger partial charge in [0.25, 0.3) is 0 Å². The molecule has 0 radical (unpaired) electrons. The molecule has 0 aliphatic carbocycles. The molecule has 4 rings (SSSR count). The van der Waals surface area contributed by atoms with Crippen LogP contribution in [0.4, 0.5) is 8.78 Å². The summed E-state index contributed by atoms with van der Waals surface area (Å²) in [6, 6.07) is 26.5. The molecule has 0 amide bonds. The van der Waals surface area contributed by atoms with Crippen LogP contribution in [0.1, 0.15) is 0 Å². The highest BCUT2D eigenvalue weighted by molar-refractivity contribution is 5.73. The second kappa shape index (κ2) is 6.36. The van der Waals surface area contributed by atoms with Gasteiger partial charge in [-0.2, -0.15) is 0 Å². The lowest BCUT2D eigenvalue weighted by Crippen LogP contribution is -2.01. The highest BCUT2D eigenvalue weighted by Crippen LogP contribution is 2.34. The third kappa shape index (κ3) is 2.74. The molecule has 0 fully saturated rings. The molecule has 3 heteroatoms. The molecule has 0 atom stereocenters. The summed E-state index contributed by atoms with van der Waals surface area (Å²) in [5, 5.41) is 0. The average molecular weight is 331 g/mol. The van der Waals surface area contributed by atoms with Gasteiger partial charge in [0.2, 0.25) is 0 Å². The van der Waals surface area contributed by atoms with Gasteiger partial charge in [0.1, 0.15) is 11.6 Å². The molecule has 3 aromatic carbocycles. The first-order valence-corrected chi connectivity index (χ1v) is 8.02. The fraction of sp³-hybridized carbons (Fsp3) is 0. The van der Waals surface area contributed by atoms with Crippen LogP contribution in [0.5, 0.6) is 0 Å². The molecule has 1 nitrogen and oxygen atoms in total. The lowest BCUT2D eigenvalue weighted by atomic mass is 10.1. The summed E-state index contributed by atoms with van der Waals surface area (Å²) in [6.45, 7) is 0. The minimum atomic E-state index is -0.308. The van der Waals surface area contributed by atoms with Crippen LogP contribution in [0.3, 0.4) is 0 Å². The van der Waals surface area contributed by atoms with E-state index in [1.54, 1.807) is 36.4 Å². The van der Waals surface area contributed by atoms with Crippen LogP contribution in [-0.2, 0) is 0 Å². The molecule has 0 unspecified atom stereocenters. The first kappa shape index (κ1) is 15.3. The molecule has 0 saturated carbocycles. The zero-order valence-corrected chi connectivity index (χ0v) is 13.4. The topological polar surface area (TPSA) is 4.93 Å². The summed E-state index contributed by atoms with van der Waals surface area (Å²) < 4.78 is 30.6. The zero-order chi connectivity index (χ0) is 17.2. The van der Waals surface area contributed by atoms with Crippen molar-refractivity contribution in [3.8, 4) is 28.2 Å². The fourth-order valence-electron chi connectivity index (χ4n) is 3.05. The maximum Gasteiger partial charge on any atom is 0.132 e. The molecule has 4 aromatic rings. The van der Waals surface area contributed by atoms with Gasteiger partial charge in [0.15, 0.2) is 0 Å². The normalized spacial score (nSPS) is 10.8. The Morgan fingerprint density at radius 2 is 0.920 bits per heavy atom. The maximum atomic E-state index is 14.4. The lowest BCUT2D eigenvalue weighted by molar-refractivity contribution is 0.629. The van der Waals surface area contributed by atoms with E-state index in [2.05, 4.69) is 0 Å². The maximum absolute atomic E-state index is 14.4. The largest absolute Gasteiger partial charge is 0.309 e. The molecule has 1 heterocycles. The number of hydrogen-bond donors (Lipinski definition) is 0. The summed E-state index contributed by atoms with van der Waals surface area (Å²) in [4.78, 5) is 0. The molecule has 0 aliphatic rings. The molecule has 0 spiro atoms. The van der Waals surface area contributed by atoms with Crippen LogP contribution in [0.15, 0.2) is 91.0 Å². The van der Waals surface area contributed by atoms with E-state index in [0.717, 1.165) is 5.69 Å². The molecule has 0 bridgehead atoms. The van der Waals surface area contributed by atoms with Gasteiger partial charge in [0, 0.05) is 16.8 Å². The Morgan fingerprint density at radius 1 is 0.480 bits per heavy atom. The number of para-hydroxylation sites is 1. The molecule has 122 valence electrons. The number of hydrogen-bond acceptors (Lipinski definition) is 0. The minimum absolute atomic E-state index is 0.308. The van der Waals surface area contributed by atoms with Gasteiger partial charge >= 0.3 is 0 Å². The fourth-order valence-corrected chi connectivity index (χ4v) is 3.05. The van der Waals surface area contributed by atoms with Gasteiger partial charge in [0.05, 0.1) is 11.4 Å². The predicted octanol–water partition coefficient (Wildman–Crippen LogP) is 6.09. The van der Waals surface area contributed by atoms with Crippen molar-refractivity contribution in [2.24, 2.45) is 0 Å². The van der Waals surface area contributed by atoms with Gasteiger partial charge in [-0.1, -0.05) is 42.5 Å². The molecule has 1 aromatic heterocycles. The summed E-state index contributed by atoms with van der Waals surface area (Å²) >= 11 is 0. The second-order valence-electron chi connectivity index (χ2n) is 5.73. The first-order valence-electron chi connectivity index (χ1n) is 8.02. The van der Waals surface area contributed by atoms with E-state index in [4.69, 9.17) is 0 Å². The summed E-state index contributed by atoms with van der Waals surface area (Å²) in [5.41, 5.74) is 3.18. The zero-order valence-electron chi connectivity index (χ0n) is 13.4. The Bertz CT molecular complexity index is 956. The quantitative estimate of drug-likeness (QED) is 0.428. The summed E-state index contributed by atoms with van der Waals surface area (Å²) in [7, 11) is 0. The van der Waals surface area contributed by atoms with Crippen LogP contribution in [-0.4, -0.2) is 4.57 Å². The number of rotatable bonds is 3. The van der Waals surface area contributed by atoms with Crippen molar-refractivity contribution in [2.45, 2.75) is 0 Å². The Hall–Kier alpha value is -3.20. The monoisotopic (exact) mass is 331 g/mol. The van der Waals surface area contributed by atoms with Crippen LogP contribution in [0, 0.1) is 11.6 Å². The first-order chi connectivity index (χ1) is 12.3. The van der Waals surface area contributed by atoms with Crippen molar-refractivity contribution < 1.29 is 8.78 Å². The Labute approximate surface area is 144 Å². The second-order valence-corrected chi connectivity index (χ2v) is 5.73. The highest BCUT2D eigenvalue weighted by atomic mass is 19.1. The summed E-state index contributed by atoms with van der Waals surface area (Å²) in [5.74, 6) is -0.615. The lowest BCUT2D eigenvalue weighted by Gasteiger charge is -2.15. The Morgan fingerprint density at radius 3 is 1.40 bits per heavy atom. The van der Waals surface area contributed by atoms with E-state index >= 15 is 0 Å². The summed E-state index contributed by atoms with van der Waals surface area (Å²) in [6.07, 6.45) is 0. The smallest absolute Gasteiger partial charge is 0.132 e. The third-order valence-corrected chi connectivity index (χ3v) is 4.19. The van der Waals surface area contributed by atoms with Crippen molar-refractivity contribution in [1.82, 2.24) is 4.57 Å². The van der Waals surface area contributed by atoms with Gasteiger partial charge in [-0.25, -0.2) is 8.78 Å². The minimum Gasteiger partial charge on any atom is -0.309 e. The standard InChI is InChI=1S/C22H15F2N/c23-19-12-6-4-10-17(19)21-14-15-22(18-11-5-7-13-20(18)24)25(21)16-8-2-1-3-9-16/h1-15H. The van der Waals surface area contributed by atoms with E-state index in [0.29, 0.717) is 22.5 Å². The van der Waals surface area contributed by atoms with Gasteiger partial charge in [-0.15, -0.1) is 0 Å². The van der Waals surface area contributed by atoms with E-state index in [9.17, 15) is 8.78 Å². The van der Waals surface area contributed by atoms with Crippen LogP contribution < -0.4 is 0 Å². The molecular weight excluding hydrogens is 316 g/mol. The Balaban J connectivity index is 2.02. The van der Waals surface area contributed by atoms with E-state index in [-0.39, 0.29) is 11.6 Å². The third-order valence-electron chi connectivity index (χ3n) is 4.19. The van der Waals surface area contributed by atoms with Crippen molar-refractivity contribution in [2.75, 3.05) is 0 Å². The number of nitrogens with zero attached hydrogens (tertiary/aromatic N) is 1. The Kier molecular flexibility index (Phi) is 3.90. The average Bonchev–Trinajstić information content (AvgIpc) is 3.08. The van der Waals surface area contributed by atoms with Gasteiger partial charge in [-0.05, 0) is 48.5 Å². The van der Waals surface area contributed by atoms with Crippen molar-refractivity contribution in [3.63, 3.8) is 0 Å². The van der Waals surface area contributed by atoms with E-state index in [1.807, 2.05) is 47.0 Å². The number of benzene rings is 3. The molecule has 0 aliphatic heterocycles. The van der Waals surface area contributed by atoms with E-state index < -0.39 is 0 Å². The van der Waals surface area contributed by atoms with Crippen molar-refractivity contribution >= 4 is 0 Å². The van der Waals surface area contributed by atoms with Crippen LogP contribution in [0.2, 0.25) is 0 Å². The number of halogens is 2. The van der Waals surface area contributed by atoms with Crippen molar-refractivity contribution in [3.05, 3.63) is 103 Å². The van der Waals surface area contributed by atoms with Crippen LogP contribution in [0.25, 0.3) is 28.2 Å². The van der Waals surface area contributed by atoms with Gasteiger partial charge in [-0.3, -0.25) is 0 Å². The molecular formula is C22H15F2N. The highest BCUT2D eigenvalue weighted by Gasteiger charge is 2.17. The molecule has 0 saturated heterocycles. The predicted molar refractivity (Wildman–Crippen MR) is 96.6 cm³/mol. The van der Waals surface area contributed by atoms with Gasteiger partial charge < -0.3 is 4.57 Å². The van der Waals surface area contributed by atoms with Crippen LogP contribution >= 0.6 is 0 Å². The molecule has 0 N–H and O–H groups in total. The molecule has 25 heavy (non-hydrogen) atoms. The number of aromatic nitrogens is 1.